The van der Waals surface area contributed by atoms with Crippen molar-refractivity contribution in [3.8, 4) is 0 Å². The van der Waals surface area contributed by atoms with Crippen LogP contribution in [0, 0.1) is 0 Å². The summed E-state index contributed by atoms with van der Waals surface area (Å²) in [6.45, 7) is 2.02. The van der Waals surface area contributed by atoms with Crippen LogP contribution < -0.4 is 11.3 Å². The summed E-state index contributed by atoms with van der Waals surface area (Å²) in [4.78, 5) is 3.84. The maximum absolute atomic E-state index is 13.1. The zero-order valence-electron chi connectivity index (χ0n) is 10.9. The van der Waals surface area contributed by atoms with Crippen LogP contribution >= 0.6 is 23.5 Å². The molecular formula is C12H16F3N3S2. The normalized spacial score (nSPS) is 25.4. The second-order valence-corrected chi connectivity index (χ2v) is 7.29. The minimum atomic E-state index is -4.40. The molecule has 20 heavy (non-hydrogen) atoms. The number of alkyl halides is 3. The first-order chi connectivity index (χ1) is 9.45. The molecule has 1 saturated heterocycles. The smallest absolute Gasteiger partial charge is 0.271 e. The molecule has 0 amide bonds. The number of nitrogens with zero attached hydrogens (tertiary/aromatic N) is 1. The van der Waals surface area contributed by atoms with Gasteiger partial charge in [0.15, 0.2) is 0 Å². The number of hydrazine groups is 1. The van der Waals surface area contributed by atoms with Gasteiger partial charge in [-0.05, 0) is 6.07 Å². The minimum absolute atomic E-state index is 0.0101. The van der Waals surface area contributed by atoms with Gasteiger partial charge in [-0.15, -0.1) is 0 Å². The molecule has 1 aliphatic rings. The number of aromatic nitrogens is 1. The summed E-state index contributed by atoms with van der Waals surface area (Å²) in [6, 6.07) is 0.443. The van der Waals surface area contributed by atoms with Crippen molar-refractivity contribution in [2.45, 2.75) is 29.6 Å². The van der Waals surface area contributed by atoms with Crippen LogP contribution in [-0.4, -0.2) is 27.0 Å². The summed E-state index contributed by atoms with van der Waals surface area (Å²) in [5, 5.41) is 0.222. The van der Waals surface area contributed by atoms with Crippen LogP contribution in [-0.2, 0) is 6.18 Å². The van der Waals surface area contributed by atoms with Crippen LogP contribution in [0.25, 0.3) is 0 Å². The summed E-state index contributed by atoms with van der Waals surface area (Å²) in [5.41, 5.74) is 2.01. The quantitative estimate of drug-likeness (QED) is 0.662. The third kappa shape index (κ3) is 3.41. The van der Waals surface area contributed by atoms with E-state index in [1.54, 1.807) is 23.5 Å². The van der Waals surface area contributed by atoms with E-state index in [4.69, 9.17) is 5.84 Å². The number of halogens is 3. The lowest BCUT2D eigenvalue weighted by molar-refractivity contribution is -0.138. The molecule has 3 nitrogen and oxygen atoms in total. The lowest BCUT2D eigenvalue weighted by atomic mass is 9.98. The molecule has 3 unspecified atom stereocenters. The van der Waals surface area contributed by atoms with Gasteiger partial charge >= 0.3 is 6.18 Å². The number of pyridine rings is 1. The van der Waals surface area contributed by atoms with Gasteiger partial charge in [0.1, 0.15) is 0 Å². The molecule has 1 fully saturated rings. The van der Waals surface area contributed by atoms with Crippen molar-refractivity contribution >= 4 is 23.5 Å². The first-order valence-corrected chi connectivity index (χ1v) is 8.25. The van der Waals surface area contributed by atoms with Crippen LogP contribution in [0.3, 0.4) is 0 Å². The van der Waals surface area contributed by atoms with Crippen molar-refractivity contribution in [2.24, 2.45) is 5.84 Å². The van der Waals surface area contributed by atoms with Gasteiger partial charge in [0, 0.05) is 40.0 Å². The average Bonchev–Trinajstić information content (AvgIpc) is 2.41. The molecule has 0 bridgehead atoms. The van der Waals surface area contributed by atoms with Gasteiger partial charge in [0.2, 0.25) is 0 Å². The SMILES string of the molecule is CC1SCCSC1C(NN)c1cnccc1C(F)(F)F. The number of nitrogens with one attached hydrogen (secondary N) is 1. The fraction of sp³-hybridized carbons (Fsp3) is 0.583. The Kier molecular flexibility index (Phi) is 5.22. The van der Waals surface area contributed by atoms with E-state index >= 15 is 0 Å². The molecule has 0 radical (unpaired) electrons. The molecule has 3 atom stereocenters. The predicted octanol–water partition coefficient (Wildman–Crippen LogP) is 2.84. The molecule has 1 aromatic rings. The van der Waals surface area contributed by atoms with Crippen molar-refractivity contribution in [3.05, 3.63) is 29.6 Å². The van der Waals surface area contributed by atoms with Gasteiger partial charge in [0.05, 0.1) is 11.6 Å². The highest BCUT2D eigenvalue weighted by Crippen LogP contribution is 2.41. The Morgan fingerprint density at radius 3 is 2.70 bits per heavy atom. The number of thioether (sulfide) groups is 2. The highest BCUT2D eigenvalue weighted by atomic mass is 32.2. The van der Waals surface area contributed by atoms with Gasteiger partial charge in [-0.2, -0.15) is 36.7 Å². The monoisotopic (exact) mass is 323 g/mol. The largest absolute Gasteiger partial charge is 0.416 e. The highest BCUT2D eigenvalue weighted by molar-refractivity contribution is 8.07. The van der Waals surface area contributed by atoms with Crippen LogP contribution in [0.1, 0.15) is 24.1 Å². The van der Waals surface area contributed by atoms with Crippen LogP contribution in [0.15, 0.2) is 18.5 Å². The lowest BCUT2D eigenvalue weighted by Crippen LogP contribution is -2.41. The molecule has 0 aliphatic carbocycles. The van der Waals surface area contributed by atoms with E-state index < -0.39 is 17.8 Å². The Balaban J connectivity index is 2.37. The maximum atomic E-state index is 13.1. The molecule has 0 saturated carbocycles. The first kappa shape index (κ1) is 15.9. The lowest BCUT2D eigenvalue weighted by Gasteiger charge is -2.35. The molecule has 8 heteroatoms. The van der Waals surface area contributed by atoms with E-state index in [2.05, 4.69) is 10.4 Å². The predicted molar refractivity (Wildman–Crippen MR) is 77.5 cm³/mol. The van der Waals surface area contributed by atoms with Crippen molar-refractivity contribution < 1.29 is 13.2 Å². The van der Waals surface area contributed by atoms with Gasteiger partial charge in [-0.3, -0.25) is 16.3 Å². The molecule has 0 spiro atoms. The number of hydrogen-bond donors (Lipinski definition) is 2. The molecular weight excluding hydrogens is 307 g/mol. The summed E-state index contributed by atoms with van der Waals surface area (Å²) in [7, 11) is 0. The van der Waals surface area contributed by atoms with E-state index in [-0.39, 0.29) is 16.1 Å². The Hall–Kier alpha value is -0.440. The fourth-order valence-electron chi connectivity index (χ4n) is 2.29. The zero-order valence-corrected chi connectivity index (χ0v) is 12.5. The zero-order chi connectivity index (χ0) is 14.8. The van der Waals surface area contributed by atoms with E-state index in [1.165, 1.54) is 6.20 Å². The molecule has 2 heterocycles. The minimum Gasteiger partial charge on any atom is -0.271 e. The third-order valence-corrected chi connectivity index (χ3v) is 6.43. The number of nitrogens with two attached hydrogens (primary N) is 1. The molecule has 3 N–H and O–H groups in total. The van der Waals surface area contributed by atoms with Gasteiger partial charge < -0.3 is 0 Å². The van der Waals surface area contributed by atoms with Crippen molar-refractivity contribution in [1.29, 1.82) is 0 Å². The van der Waals surface area contributed by atoms with Gasteiger partial charge in [-0.25, -0.2) is 0 Å². The molecule has 0 aromatic carbocycles. The second kappa shape index (κ2) is 6.55. The van der Waals surface area contributed by atoms with Crippen molar-refractivity contribution in [1.82, 2.24) is 10.4 Å². The molecule has 1 aliphatic heterocycles. The summed E-state index contributed by atoms with van der Waals surface area (Å²) < 4.78 is 39.3. The molecule has 112 valence electrons. The summed E-state index contributed by atoms with van der Waals surface area (Å²) in [5.74, 6) is 7.47. The van der Waals surface area contributed by atoms with Crippen LogP contribution in [0.5, 0.6) is 0 Å². The van der Waals surface area contributed by atoms with Crippen molar-refractivity contribution in [3.63, 3.8) is 0 Å². The summed E-state index contributed by atoms with van der Waals surface area (Å²) >= 11 is 3.42. The van der Waals surface area contributed by atoms with Gasteiger partial charge in [-0.1, -0.05) is 6.92 Å². The Morgan fingerprint density at radius 2 is 2.10 bits per heavy atom. The van der Waals surface area contributed by atoms with Crippen LogP contribution in [0.4, 0.5) is 13.2 Å². The molecule has 1 aromatic heterocycles. The summed E-state index contributed by atoms with van der Waals surface area (Å²) in [6.07, 6.45) is -1.98. The Labute approximate surface area is 124 Å². The number of rotatable bonds is 3. The first-order valence-electron chi connectivity index (χ1n) is 6.15. The van der Waals surface area contributed by atoms with E-state index in [0.717, 1.165) is 23.8 Å². The van der Waals surface area contributed by atoms with Crippen molar-refractivity contribution in [2.75, 3.05) is 11.5 Å². The van der Waals surface area contributed by atoms with E-state index in [1.807, 2.05) is 6.92 Å². The standard InChI is InChI=1S/C12H16F3N3S2/c1-7-11(20-5-4-19-7)10(18-16)8-6-17-3-2-9(8)12(13,14)15/h2-3,6-7,10-11,18H,4-5,16H2,1H3. The Morgan fingerprint density at radius 1 is 1.40 bits per heavy atom. The maximum Gasteiger partial charge on any atom is 0.416 e. The second-order valence-electron chi connectivity index (χ2n) is 4.52. The molecule has 2 rings (SSSR count). The van der Waals surface area contributed by atoms with E-state index in [9.17, 15) is 13.2 Å². The highest BCUT2D eigenvalue weighted by Gasteiger charge is 2.39. The topological polar surface area (TPSA) is 50.9 Å². The van der Waals surface area contributed by atoms with Gasteiger partial charge in [0.25, 0.3) is 0 Å². The van der Waals surface area contributed by atoms with E-state index in [0.29, 0.717) is 0 Å². The fourth-order valence-corrected chi connectivity index (χ4v) is 5.21. The third-order valence-electron chi connectivity index (χ3n) is 3.24. The average molecular weight is 323 g/mol. The number of hydrogen-bond acceptors (Lipinski definition) is 5. The van der Waals surface area contributed by atoms with Crippen LogP contribution in [0.2, 0.25) is 0 Å². The Bertz CT molecular complexity index is 456.